The number of amides is 2. The van der Waals surface area contributed by atoms with E-state index in [1.807, 2.05) is 11.1 Å². The molecule has 0 aliphatic carbocycles. The third-order valence-corrected chi connectivity index (χ3v) is 6.13. The lowest BCUT2D eigenvalue weighted by molar-refractivity contribution is -0.136. The summed E-state index contributed by atoms with van der Waals surface area (Å²) >= 11 is 0. The molecule has 4 rings (SSSR count). The Kier molecular flexibility index (Phi) is 5.87. The van der Waals surface area contributed by atoms with Crippen LogP contribution in [0.5, 0.6) is 0 Å². The van der Waals surface area contributed by atoms with Crippen molar-refractivity contribution in [2.24, 2.45) is 5.92 Å². The van der Waals surface area contributed by atoms with E-state index >= 15 is 0 Å². The molecule has 0 radical (unpaired) electrons. The molecule has 8 nitrogen and oxygen atoms in total. The third-order valence-electron chi connectivity index (χ3n) is 6.13. The monoisotopic (exact) mass is 387 g/mol. The van der Waals surface area contributed by atoms with Crippen LogP contribution >= 0.6 is 0 Å². The molecule has 0 spiro atoms. The van der Waals surface area contributed by atoms with Crippen LogP contribution in [0.2, 0.25) is 0 Å². The van der Waals surface area contributed by atoms with Gasteiger partial charge in [-0.25, -0.2) is 9.97 Å². The fourth-order valence-electron chi connectivity index (χ4n) is 4.42. The van der Waals surface area contributed by atoms with Crippen molar-refractivity contribution in [3.05, 3.63) is 23.3 Å². The fraction of sp³-hybridized carbons (Fsp3) is 0.700. The molecule has 1 aromatic rings. The maximum Gasteiger partial charge on any atom is 0.227 e. The molecule has 4 heterocycles. The molecule has 3 aliphatic rings. The number of likely N-dealkylation sites (tertiary alicyclic amines) is 2. The van der Waals surface area contributed by atoms with E-state index in [0.29, 0.717) is 45.1 Å². The molecular weight excluding hydrogens is 358 g/mol. The molecule has 1 aromatic heterocycles. The predicted molar refractivity (Wildman–Crippen MR) is 103 cm³/mol. The van der Waals surface area contributed by atoms with Crippen molar-refractivity contribution in [3.8, 4) is 0 Å². The van der Waals surface area contributed by atoms with Gasteiger partial charge in [-0.15, -0.1) is 0 Å². The SMILES string of the molecule is COCCN1CC(C(=O)N2CCC(c3ncc4c(n3)CCNC4)CC2)CC1=O. The van der Waals surface area contributed by atoms with E-state index in [-0.39, 0.29) is 17.7 Å². The first-order valence-corrected chi connectivity index (χ1v) is 10.3. The summed E-state index contributed by atoms with van der Waals surface area (Å²) in [4.78, 5) is 38.1. The number of hydrogen-bond acceptors (Lipinski definition) is 6. The Hall–Kier alpha value is -2.06. The maximum absolute atomic E-state index is 12.9. The van der Waals surface area contributed by atoms with Crippen LogP contribution in [0.15, 0.2) is 6.20 Å². The Morgan fingerprint density at radius 2 is 2.18 bits per heavy atom. The Balaban J connectivity index is 1.32. The zero-order valence-electron chi connectivity index (χ0n) is 16.5. The lowest BCUT2D eigenvalue weighted by atomic mass is 9.94. The Morgan fingerprint density at radius 3 is 2.96 bits per heavy atom. The van der Waals surface area contributed by atoms with Crippen molar-refractivity contribution in [2.75, 3.05) is 46.4 Å². The Morgan fingerprint density at radius 1 is 1.36 bits per heavy atom. The van der Waals surface area contributed by atoms with Crippen LogP contribution < -0.4 is 5.32 Å². The minimum absolute atomic E-state index is 0.0576. The van der Waals surface area contributed by atoms with Crippen molar-refractivity contribution in [1.29, 1.82) is 0 Å². The van der Waals surface area contributed by atoms with Gasteiger partial charge in [0, 0.05) is 82.6 Å². The normalized spacial score (nSPS) is 23.2. The summed E-state index contributed by atoms with van der Waals surface area (Å²) in [6.45, 7) is 4.84. The van der Waals surface area contributed by atoms with Crippen LogP contribution in [0.4, 0.5) is 0 Å². The highest BCUT2D eigenvalue weighted by Gasteiger charge is 2.37. The van der Waals surface area contributed by atoms with Crippen molar-refractivity contribution >= 4 is 11.8 Å². The first-order valence-electron chi connectivity index (χ1n) is 10.3. The highest BCUT2D eigenvalue weighted by atomic mass is 16.5. The molecule has 0 bridgehead atoms. The number of rotatable bonds is 5. The van der Waals surface area contributed by atoms with E-state index in [2.05, 4.69) is 10.3 Å². The maximum atomic E-state index is 12.9. The lowest BCUT2D eigenvalue weighted by Crippen LogP contribution is -2.42. The molecule has 28 heavy (non-hydrogen) atoms. The average molecular weight is 387 g/mol. The van der Waals surface area contributed by atoms with Gasteiger partial charge in [-0.2, -0.15) is 0 Å². The number of carbonyl (C=O) groups is 2. The van der Waals surface area contributed by atoms with Gasteiger partial charge in [0.2, 0.25) is 11.8 Å². The first kappa shape index (κ1) is 19.3. The van der Waals surface area contributed by atoms with Crippen LogP contribution in [0.1, 0.15) is 42.3 Å². The molecule has 2 saturated heterocycles. The van der Waals surface area contributed by atoms with Crippen LogP contribution in [0, 0.1) is 5.92 Å². The molecule has 2 fully saturated rings. The Bertz CT molecular complexity index is 733. The molecule has 2 amide bonds. The number of nitrogens with zero attached hydrogens (tertiary/aromatic N) is 4. The van der Waals surface area contributed by atoms with Gasteiger partial charge in [-0.3, -0.25) is 9.59 Å². The summed E-state index contributed by atoms with van der Waals surface area (Å²) in [5, 5.41) is 3.34. The molecule has 0 aromatic carbocycles. The standard InChI is InChI=1S/C20H29N5O3/c1-28-9-8-25-13-15(10-18(25)26)20(27)24-6-3-14(4-7-24)19-22-12-16-11-21-5-2-17(16)23-19/h12,14-15,21H,2-11,13H2,1H3. The quantitative estimate of drug-likeness (QED) is 0.783. The number of fused-ring (bicyclic) bond motifs is 1. The molecule has 1 atom stereocenters. The second-order valence-corrected chi connectivity index (χ2v) is 7.96. The number of aromatic nitrogens is 2. The topological polar surface area (TPSA) is 87.7 Å². The second kappa shape index (κ2) is 8.53. The number of hydrogen-bond donors (Lipinski definition) is 1. The summed E-state index contributed by atoms with van der Waals surface area (Å²) in [5.74, 6) is 1.20. The van der Waals surface area contributed by atoms with Crippen molar-refractivity contribution in [1.82, 2.24) is 25.1 Å². The van der Waals surface area contributed by atoms with Crippen molar-refractivity contribution < 1.29 is 14.3 Å². The van der Waals surface area contributed by atoms with Crippen molar-refractivity contribution in [2.45, 2.75) is 38.1 Å². The van der Waals surface area contributed by atoms with Crippen LogP contribution in [0.25, 0.3) is 0 Å². The van der Waals surface area contributed by atoms with Gasteiger partial charge in [0.05, 0.1) is 12.5 Å². The Labute approximate surface area is 165 Å². The van der Waals surface area contributed by atoms with Gasteiger partial charge < -0.3 is 19.9 Å². The number of ether oxygens (including phenoxy) is 1. The van der Waals surface area contributed by atoms with E-state index in [9.17, 15) is 9.59 Å². The zero-order chi connectivity index (χ0) is 19.5. The van der Waals surface area contributed by atoms with E-state index in [1.165, 1.54) is 11.3 Å². The molecule has 3 aliphatic heterocycles. The number of piperidine rings is 1. The van der Waals surface area contributed by atoms with E-state index in [4.69, 9.17) is 9.72 Å². The molecular formula is C20H29N5O3. The van der Waals surface area contributed by atoms with Crippen LogP contribution in [-0.2, 0) is 27.3 Å². The number of carbonyl (C=O) groups excluding carboxylic acids is 2. The van der Waals surface area contributed by atoms with Gasteiger partial charge in [0.25, 0.3) is 0 Å². The minimum Gasteiger partial charge on any atom is -0.383 e. The zero-order valence-corrected chi connectivity index (χ0v) is 16.5. The third kappa shape index (κ3) is 4.03. The number of nitrogens with one attached hydrogen (secondary N) is 1. The highest BCUT2D eigenvalue weighted by molar-refractivity contribution is 5.89. The molecule has 0 saturated carbocycles. The average Bonchev–Trinajstić information content (AvgIpc) is 3.12. The van der Waals surface area contributed by atoms with Crippen LogP contribution in [0.3, 0.4) is 0 Å². The first-order chi connectivity index (χ1) is 13.7. The molecule has 8 heteroatoms. The van der Waals surface area contributed by atoms with Gasteiger partial charge in [0.1, 0.15) is 5.82 Å². The van der Waals surface area contributed by atoms with Gasteiger partial charge in [-0.05, 0) is 12.8 Å². The summed E-state index contributed by atoms with van der Waals surface area (Å²) in [7, 11) is 1.62. The second-order valence-electron chi connectivity index (χ2n) is 7.96. The predicted octanol–water partition coefficient (Wildman–Crippen LogP) is 0.323. The summed E-state index contributed by atoms with van der Waals surface area (Å²) in [6.07, 6.45) is 5.01. The summed E-state index contributed by atoms with van der Waals surface area (Å²) in [5.41, 5.74) is 2.37. The van der Waals surface area contributed by atoms with Gasteiger partial charge in [0.15, 0.2) is 0 Å². The molecule has 1 N–H and O–H groups in total. The van der Waals surface area contributed by atoms with Crippen molar-refractivity contribution in [3.63, 3.8) is 0 Å². The minimum atomic E-state index is -0.214. The van der Waals surface area contributed by atoms with E-state index in [1.54, 1.807) is 12.0 Å². The summed E-state index contributed by atoms with van der Waals surface area (Å²) in [6, 6.07) is 0. The molecule has 152 valence electrons. The van der Waals surface area contributed by atoms with Crippen LogP contribution in [-0.4, -0.2) is 78.0 Å². The van der Waals surface area contributed by atoms with E-state index < -0.39 is 0 Å². The largest absolute Gasteiger partial charge is 0.383 e. The van der Waals surface area contributed by atoms with Gasteiger partial charge >= 0.3 is 0 Å². The molecule has 1 unspecified atom stereocenters. The lowest BCUT2D eigenvalue weighted by Gasteiger charge is -2.33. The number of methoxy groups -OCH3 is 1. The fourth-order valence-corrected chi connectivity index (χ4v) is 4.42. The van der Waals surface area contributed by atoms with Gasteiger partial charge in [-0.1, -0.05) is 0 Å². The van der Waals surface area contributed by atoms with E-state index in [0.717, 1.165) is 38.2 Å². The summed E-state index contributed by atoms with van der Waals surface area (Å²) < 4.78 is 5.05. The smallest absolute Gasteiger partial charge is 0.227 e. The highest BCUT2D eigenvalue weighted by Crippen LogP contribution is 2.29.